The molecule has 0 bridgehead atoms. The van der Waals surface area contributed by atoms with Crippen molar-refractivity contribution in [1.29, 1.82) is 0 Å². The van der Waals surface area contributed by atoms with Crippen molar-refractivity contribution in [2.24, 2.45) is 0 Å². The molecule has 0 aromatic carbocycles. The molecule has 0 amide bonds. The average molecular weight is 155 g/mol. The summed E-state index contributed by atoms with van der Waals surface area (Å²) in [5.41, 5.74) is 5.59. The number of halogens is 1. The summed E-state index contributed by atoms with van der Waals surface area (Å²) in [6.07, 6.45) is 0.672. The van der Waals surface area contributed by atoms with Gasteiger partial charge in [0.15, 0.2) is 11.6 Å². The molecule has 2 N–H and O–H groups in total. The molecule has 11 heavy (non-hydrogen) atoms. The zero-order valence-corrected chi connectivity index (χ0v) is 6.56. The van der Waals surface area contributed by atoms with Crippen molar-refractivity contribution in [3.63, 3.8) is 0 Å². The van der Waals surface area contributed by atoms with Crippen LogP contribution in [0.15, 0.2) is 0 Å². The van der Waals surface area contributed by atoms with Crippen LogP contribution < -0.4 is 5.73 Å². The summed E-state index contributed by atoms with van der Waals surface area (Å²) in [5, 5.41) is 0. The van der Waals surface area contributed by atoms with E-state index in [0.717, 1.165) is 0 Å². The maximum Gasteiger partial charge on any atom is 0.186 e. The average Bonchev–Trinajstić information content (AvgIpc) is 1.99. The minimum Gasteiger partial charge on any atom is -0.381 e. The van der Waals surface area contributed by atoms with Crippen LogP contribution in [0.25, 0.3) is 0 Å². The number of hydrogen-bond donors (Lipinski definition) is 1. The number of aromatic nitrogens is 2. The molecule has 0 radical (unpaired) electrons. The van der Waals surface area contributed by atoms with E-state index in [2.05, 4.69) is 9.97 Å². The molecule has 0 atom stereocenters. The van der Waals surface area contributed by atoms with E-state index in [1.807, 2.05) is 6.92 Å². The molecule has 0 aliphatic carbocycles. The first-order valence-corrected chi connectivity index (χ1v) is 3.43. The fourth-order valence-electron chi connectivity index (χ4n) is 0.799. The Balaban J connectivity index is 3.21. The van der Waals surface area contributed by atoms with Gasteiger partial charge in [-0.25, -0.2) is 14.4 Å². The van der Waals surface area contributed by atoms with Gasteiger partial charge in [0.2, 0.25) is 0 Å². The molecule has 0 fully saturated rings. The molecule has 3 nitrogen and oxygen atoms in total. The summed E-state index contributed by atoms with van der Waals surface area (Å²) >= 11 is 0. The third-order valence-electron chi connectivity index (χ3n) is 1.41. The Labute approximate surface area is 64.5 Å². The molecule has 0 saturated heterocycles. The van der Waals surface area contributed by atoms with Gasteiger partial charge in [-0.1, -0.05) is 6.92 Å². The van der Waals surface area contributed by atoms with Crippen LogP contribution in [-0.4, -0.2) is 9.97 Å². The lowest BCUT2D eigenvalue weighted by atomic mass is 10.3. The lowest BCUT2D eigenvalue weighted by Crippen LogP contribution is -2.04. The topological polar surface area (TPSA) is 51.8 Å². The van der Waals surface area contributed by atoms with E-state index in [0.29, 0.717) is 17.9 Å². The highest BCUT2D eigenvalue weighted by molar-refractivity contribution is 5.31. The van der Waals surface area contributed by atoms with Gasteiger partial charge >= 0.3 is 0 Å². The van der Waals surface area contributed by atoms with Gasteiger partial charge in [-0.3, -0.25) is 0 Å². The maximum absolute atomic E-state index is 12.8. The summed E-state index contributed by atoms with van der Waals surface area (Å²) < 4.78 is 12.8. The van der Waals surface area contributed by atoms with Gasteiger partial charge in [0.1, 0.15) is 5.82 Å². The number of hydrogen-bond acceptors (Lipinski definition) is 3. The van der Waals surface area contributed by atoms with Crippen molar-refractivity contribution in [1.82, 2.24) is 9.97 Å². The van der Waals surface area contributed by atoms with Gasteiger partial charge in [0.05, 0.1) is 5.69 Å². The van der Waals surface area contributed by atoms with Crippen molar-refractivity contribution >= 4 is 5.82 Å². The monoisotopic (exact) mass is 155 g/mol. The second kappa shape index (κ2) is 2.82. The Morgan fingerprint density at radius 2 is 2.09 bits per heavy atom. The normalized spacial score (nSPS) is 10.1. The zero-order valence-electron chi connectivity index (χ0n) is 6.56. The van der Waals surface area contributed by atoms with Gasteiger partial charge < -0.3 is 5.73 Å². The second-order valence-corrected chi connectivity index (χ2v) is 2.28. The highest BCUT2D eigenvalue weighted by Gasteiger charge is 2.06. The van der Waals surface area contributed by atoms with Crippen molar-refractivity contribution in [3.8, 4) is 0 Å². The number of nitrogens with two attached hydrogens (primary N) is 1. The molecule has 0 unspecified atom stereocenters. The van der Waals surface area contributed by atoms with Gasteiger partial charge in [-0.05, 0) is 6.92 Å². The summed E-state index contributed by atoms with van der Waals surface area (Å²) in [6.45, 7) is 3.47. The number of rotatable bonds is 1. The number of nitrogens with zero attached hydrogens (tertiary/aromatic N) is 2. The summed E-state index contributed by atoms with van der Waals surface area (Å²) in [7, 11) is 0. The lowest BCUT2D eigenvalue weighted by molar-refractivity contribution is 0.603. The molecule has 0 aliphatic heterocycles. The van der Waals surface area contributed by atoms with E-state index in [-0.39, 0.29) is 5.82 Å². The smallest absolute Gasteiger partial charge is 0.186 e. The van der Waals surface area contributed by atoms with E-state index in [4.69, 9.17) is 5.73 Å². The van der Waals surface area contributed by atoms with Crippen molar-refractivity contribution in [2.75, 3.05) is 5.73 Å². The van der Waals surface area contributed by atoms with Gasteiger partial charge in [-0.15, -0.1) is 0 Å². The Hall–Kier alpha value is -1.19. The third kappa shape index (κ3) is 1.45. The molecule has 60 valence electrons. The van der Waals surface area contributed by atoms with Crippen molar-refractivity contribution in [2.45, 2.75) is 20.3 Å². The van der Waals surface area contributed by atoms with Crippen LogP contribution in [0, 0.1) is 12.7 Å². The van der Waals surface area contributed by atoms with E-state index >= 15 is 0 Å². The van der Waals surface area contributed by atoms with Crippen LogP contribution in [0.4, 0.5) is 10.2 Å². The van der Waals surface area contributed by atoms with Gasteiger partial charge in [0, 0.05) is 6.42 Å². The molecular weight excluding hydrogens is 145 g/mol. The number of nitrogen functional groups attached to an aromatic ring is 1. The molecule has 1 aromatic heterocycles. The highest BCUT2D eigenvalue weighted by Crippen LogP contribution is 2.09. The van der Waals surface area contributed by atoms with Crippen LogP contribution in [0.5, 0.6) is 0 Å². The van der Waals surface area contributed by atoms with Crippen molar-refractivity contribution < 1.29 is 4.39 Å². The zero-order chi connectivity index (χ0) is 8.43. The summed E-state index contributed by atoms with van der Waals surface area (Å²) in [5.74, 6) is 0.0120. The molecule has 0 aliphatic rings. The SMILES string of the molecule is CCc1nc(C)c(F)c(N)n1. The first-order chi connectivity index (χ1) is 5.15. The van der Waals surface area contributed by atoms with Crippen molar-refractivity contribution in [3.05, 3.63) is 17.3 Å². The Morgan fingerprint density at radius 3 is 2.55 bits per heavy atom. The standard InChI is InChI=1S/C7H10FN3/c1-3-5-10-4(2)6(8)7(9)11-5/h3H2,1-2H3,(H2,9,10,11). The first kappa shape index (κ1) is 7.91. The molecule has 1 aromatic rings. The number of anilines is 1. The van der Waals surface area contributed by atoms with Crippen LogP contribution in [0.3, 0.4) is 0 Å². The van der Waals surface area contributed by atoms with E-state index in [1.54, 1.807) is 6.92 Å². The fraction of sp³-hybridized carbons (Fsp3) is 0.429. The quantitative estimate of drug-likeness (QED) is 0.660. The second-order valence-electron chi connectivity index (χ2n) is 2.28. The first-order valence-electron chi connectivity index (χ1n) is 3.43. The lowest BCUT2D eigenvalue weighted by Gasteiger charge is -2.01. The van der Waals surface area contributed by atoms with E-state index < -0.39 is 5.82 Å². The van der Waals surface area contributed by atoms with E-state index in [1.165, 1.54) is 0 Å². The van der Waals surface area contributed by atoms with Crippen LogP contribution in [0.1, 0.15) is 18.4 Å². The van der Waals surface area contributed by atoms with Gasteiger partial charge in [-0.2, -0.15) is 0 Å². The third-order valence-corrected chi connectivity index (χ3v) is 1.41. The largest absolute Gasteiger partial charge is 0.381 e. The molecule has 4 heteroatoms. The molecule has 0 spiro atoms. The summed E-state index contributed by atoms with van der Waals surface area (Å²) in [6, 6.07) is 0. The van der Waals surface area contributed by atoms with Crippen LogP contribution in [0.2, 0.25) is 0 Å². The minimum atomic E-state index is -0.512. The molecular formula is C7H10FN3. The molecule has 1 heterocycles. The Morgan fingerprint density at radius 1 is 1.45 bits per heavy atom. The predicted molar refractivity (Wildman–Crippen MR) is 40.5 cm³/mol. The van der Waals surface area contributed by atoms with Crippen LogP contribution >= 0.6 is 0 Å². The van der Waals surface area contributed by atoms with Gasteiger partial charge in [0.25, 0.3) is 0 Å². The highest BCUT2D eigenvalue weighted by atomic mass is 19.1. The predicted octanol–water partition coefficient (Wildman–Crippen LogP) is 1.07. The minimum absolute atomic E-state index is 0.0608. The Bertz CT molecular complexity index is 249. The summed E-state index contributed by atoms with van der Waals surface area (Å²) in [4.78, 5) is 7.63. The molecule has 1 rings (SSSR count). The van der Waals surface area contributed by atoms with E-state index in [9.17, 15) is 4.39 Å². The number of aryl methyl sites for hydroxylation is 2. The van der Waals surface area contributed by atoms with Crippen LogP contribution in [-0.2, 0) is 6.42 Å². The maximum atomic E-state index is 12.8. The molecule has 0 saturated carbocycles. The fourth-order valence-corrected chi connectivity index (χ4v) is 0.799. The Kier molecular flexibility index (Phi) is 2.03.